The Morgan fingerprint density at radius 1 is 1.23 bits per heavy atom. The van der Waals surface area contributed by atoms with Crippen LogP contribution in [0, 0.1) is 11.8 Å². The highest BCUT2D eigenvalue weighted by Gasteiger charge is 2.42. The lowest BCUT2D eigenvalue weighted by atomic mass is 9.96. The molecule has 2 aliphatic heterocycles. The Morgan fingerprint density at radius 2 is 1.91 bits per heavy atom. The molecule has 2 amide bonds. The van der Waals surface area contributed by atoms with Crippen LogP contribution in [0.4, 0.5) is 13.2 Å². The fourth-order valence-corrected chi connectivity index (χ4v) is 2.94. The van der Waals surface area contributed by atoms with Crippen LogP contribution in [-0.2, 0) is 14.4 Å². The maximum Gasteiger partial charge on any atom is 0.406 e. The van der Waals surface area contributed by atoms with Crippen LogP contribution in [0.5, 0.6) is 0 Å². The van der Waals surface area contributed by atoms with E-state index in [0.29, 0.717) is 24.3 Å². The number of carboxylic acid groups (broad SMARTS) is 1. The van der Waals surface area contributed by atoms with Gasteiger partial charge in [-0.2, -0.15) is 13.2 Å². The van der Waals surface area contributed by atoms with Gasteiger partial charge in [-0.1, -0.05) is 0 Å². The number of aliphatic carboxylic acids is 1. The van der Waals surface area contributed by atoms with Gasteiger partial charge in [0.05, 0.1) is 11.8 Å². The fraction of sp³-hybridized carbons (Fsp3) is 0.769. The molecular formula is C13H17F3N2O4. The van der Waals surface area contributed by atoms with Gasteiger partial charge in [-0.15, -0.1) is 0 Å². The van der Waals surface area contributed by atoms with Gasteiger partial charge in [0.25, 0.3) is 0 Å². The van der Waals surface area contributed by atoms with Crippen molar-refractivity contribution in [3.63, 3.8) is 0 Å². The van der Waals surface area contributed by atoms with Crippen molar-refractivity contribution < 1.29 is 32.7 Å². The van der Waals surface area contributed by atoms with Crippen LogP contribution in [0.3, 0.4) is 0 Å². The van der Waals surface area contributed by atoms with Crippen LogP contribution in [0.25, 0.3) is 0 Å². The first kappa shape index (κ1) is 16.6. The summed E-state index contributed by atoms with van der Waals surface area (Å²) in [7, 11) is 0. The largest absolute Gasteiger partial charge is 0.481 e. The molecular weight excluding hydrogens is 305 g/mol. The second-order valence-electron chi connectivity index (χ2n) is 5.75. The number of likely N-dealkylation sites (tertiary alicyclic amines) is 2. The van der Waals surface area contributed by atoms with E-state index in [1.807, 2.05) is 0 Å². The van der Waals surface area contributed by atoms with Gasteiger partial charge in [-0.3, -0.25) is 14.4 Å². The number of piperidine rings is 1. The average Bonchev–Trinajstić information content (AvgIpc) is 2.77. The molecule has 6 nitrogen and oxygen atoms in total. The van der Waals surface area contributed by atoms with Gasteiger partial charge in [0.15, 0.2) is 0 Å². The van der Waals surface area contributed by atoms with Crippen LogP contribution >= 0.6 is 0 Å². The third kappa shape index (κ3) is 3.89. The Balaban J connectivity index is 1.96. The predicted molar refractivity (Wildman–Crippen MR) is 67.7 cm³/mol. The number of nitrogens with zero attached hydrogens (tertiary/aromatic N) is 2. The Hall–Kier alpha value is -1.80. The number of alkyl halides is 3. The summed E-state index contributed by atoms with van der Waals surface area (Å²) in [6.07, 6.45) is -3.73. The molecule has 2 aliphatic rings. The summed E-state index contributed by atoms with van der Waals surface area (Å²) in [6.45, 7) is -1.18. The molecule has 0 aromatic rings. The lowest BCUT2D eigenvalue weighted by Crippen LogP contribution is -2.45. The maximum atomic E-state index is 12.3. The third-order valence-corrected chi connectivity index (χ3v) is 4.02. The van der Waals surface area contributed by atoms with Crippen molar-refractivity contribution >= 4 is 17.8 Å². The highest BCUT2D eigenvalue weighted by molar-refractivity contribution is 5.89. The summed E-state index contributed by atoms with van der Waals surface area (Å²) in [4.78, 5) is 36.9. The van der Waals surface area contributed by atoms with E-state index in [1.165, 1.54) is 4.90 Å². The number of hydrogen-bond donors (Lipinski definition) is 1. The number of carboxylic acids is 1. The minimum absolute atomic E-state index is 0.0537. The number of amides is 2. The van der Waals surface area contributed by atoms with Crippen LogP contribution in [-0.4, -0.2) is 65.0 Å². The molecule has 2 fully saturated rings. The van der Waals surface area contributed by atoms with E-state index in [1.54, 1.807) is 0 Å². The Bertz CT molecular complexity index is 480. The highest BCUT2D eigenvalue weighted by Crippen LogP contribution is 2.26. The zero-order valence-electron chi connectivity index (χ0n) is 11.8. The minimum atomic E-state index is -4.49. The third-order valence-electron chi connectivity index (χ3n) is 4.02. The molecule has 1 unspecified atom stereocenters. The molecule has 2 heterocycles. The van der Waals surface area contributed by atoms with E-state index >= 15 is 0 Å². The molecule has 0 aromatic heterocycles. The standard InChI is InChI=1S/C13H17F3N2O4/c14-13(15,16)7-18-6-9(4-10(18)19)11(20)17-3-1-2-8(5-17)12(21)22/h8-9H,1-7H2,(H,21,22)/t8-,9?/m0/s1. The van der Waals surface area contributed by atoms with Crippen LogP contribution in [0.1, 0.15) is 19.3 Å². The van der Waals surface area contributed by atoms with E-state index in [-0.39, 0.29) is 19.5 Å². The lowest BCUT2D eigenvalue weighted by Gasteiger charge is -2.32. The molecule has 0 saturated carbocycles. The van der Waals surface area contributed by atoms with Gasteiger partial charge in [0.2, 0.25) is 11.8 Å². The van der Waals surface area contributed by atoms with E-state index < -0.39 is 42.3 Å². The molecule has 0 aromatic carbocycles. The molecule has 2 atom stereocenters. The quantitative estimate of drug-likeness (QED) is 0.830. The lowest BCUT2D eigenvalue weighted by molar-refractivity contribution is -0.157. The summed E-state index contributed by atoms with van der Waals surface area (Å²) in [5.74, 6) is -3.58. The van der Waals surface area contributed by atoms with E-state index in [9.17, 15) is 27.6 Å². The van der Waals surface area contributed by atoms with Crippen molar-refractivity contribution in [1.29, 1.82) is 0 Å². The van der Waals surface area contributed by atoms with Gasteiger partial charge >= 0.3 is 12.1 Å². The van der Waals surface area contributed by atoms with Crippen LogP contribution in [0.2, 0.25) is 0 Å². The Morgan fingerprint density at radius 3 is 2.50 bits per heavy atom. The minimum Gasteiger partial charge on any atom is -0.481 e. The number of carbonyl (C=O) groups is 3. The molecule has 1 N–H and O–H groups in total. The van der Waals surface area contributed by atoms with Gasteiger partial charge < -0.3 is 14.9 Å². The molecule has 2 rings (SSSR count). The molecule has 0 spiro atoms. The second kappa shape index (κ2) is 6.13. The summed E-state index contributed by atoms with van der Waals surface area (Å²) in [6, 6.07) is 0. The molecule has 0 radical (unpaired) electrons. The zero-order valence-corrected chi connectivity index (χ0v) is 11.8. The topological polar surface area (TPSA) is 77.9 Å². The highest BCUT2D eigenvalue weighted by atomic mass is 19.4. The zero-order chi connectivity index (χ0) is 16.5. The van der Waals surface area contributed by atoms with E-state index in [4.69, 9.17) is 5.11 Å². The van der Waals surface area contributed by atoms with Crippen molar-refractivity contribution in [2.75, 3.05) is 26.2 Å². The fourth-order valence-electron chi connectivity index (χ4n) is 2.94. The van der Waals surface area contributed by atoms with Gasteiger partial charge in [-0.25, -0.2) is 0 Å². The number of rotatable bonds is 3. The molecule has 0 aliphatic carbocycles. The number of carbonyl (C=O) groups excluding carboxylic acids is 2. The summed E-state index contributed by atoms with van der Waals surface area (Å²) in [5, 5.41) is 8.99. The first-order valence-electron chi connectivity index (χ1n) is 7.03. The van der Waals surface area contributed by atoms with Crippen molar-refractivity contribution in [2.45, 2.75) is 25.4 Å². The SMILES string of the molecule is O=C(O)[C@H]1CCCN(C(=O)C2CC(=O)N(CC(F)(F)F)C2)C1. The molecule has 124 valence electrons. The normalized spacial score (nSPS) is 26.4. The molecule has 2 saturated heterocycles. The van der Waals surface area contributed by atoms with Crippen molar-refractivity contribution in [2.24, 2.45) is 11.8 Å². The summed E-state index contributed by atoms with van der Waals surface area (Å²) >= 11 is 0. The van der Waals surface area contributed by atoms with Crippen LogP contribution in [0.15, 0.2) is 0 Å². The predicted octanol–water partition coefficient (Wildman–Crippen LogP) is 0.720. The molecule has 0 bridgehead atoms. The smallest absolute Gasteiger partial charge is 0.406 e. The van der Waals surface area contributed by atoms with Gasteiger partial charge in [-0.05, 0) is 12.8 Å². The maximum absolute atomic E-state index is 12.3. The van der Waals surface area contributed by atoms with Crippen molar-refractivity contribution in [3.05, 3.63) is 0 Å². The second-order valence-corrected chi connectivity index (χ2v) is 5.75. The first-order chi connectivity index (χ1) is 10.2. The first-order valence-corrected chi connectivity index (χ1v) is 7.03. The van der Waals surface area contributed by atoms with Crippen molar-refractivity contribution in [3.8, 4) is 0 Å². The van der Waals surface area contributed by atoms with Crippen molar-refractivity contribution in [1.82, 2.24) is 9.80 Å². The Labute approximate surface area is 124 Å². The van der Waals surface area contributed by atoms with Gasteiger partial charge in [0.1, 0.15) is 6.54 Å². The average molecular weight is 322 g/mol. The number of halogens is 3. The van der Waals surface area contributed by atoms with Crippen LogP contribution < -0.4 is 0 Å². The van der Waals surface area contributed by atoms with E-state index in [2.05, 4.69) is 0 Å². The molecule has 9 heteroatoms. The van der Waals surface area contributed by atoms with E-state index in [0.717, 1.165) is 0 Å². The monoisotopic (exact) mass is 322 g/mol. The Kier molecular flexibility index (Phi) is 4.62. The van der Waals surface area contributed by atoms with Gasteiger partial charge in [0, 0.05) is 26.1 Å². The summed E-state index contributed by atoms with van der Waals surface area (Å²) in [5.41, 5.74) is 0. The molecule has 22 heavy (non-hydrogen) atoms. The summed E-state index contributed by atoms with van der Waals surface area (Å²) < 4.78 is 37.0. The number of hydrogen-bond acceptors (Lipinski definition) is 3.